The summed E-state index contributed by atoms with van der Waals surface area (Å²) in [5, 5.41) is 8.16. The van der Waals surface area contributed by atoms with E-state index in [1.165, 1.54) is 0 Å². The molecule has 0 radical (unpaired) electrons. The van der Waals surface area contributed by atoms with Crippen LogP contribution in [0.15, 0.2) is 35.9 Å². The third-order valence-electron chi connectivity index (χ3n) is 4.00. The number of benzene rings is 1. The highest BCUT2D eigenvalue weighted by atomic mass is 16.6. The third-order valence-corrected chi connectivity index (χ3v) is 4.00. The fourth-order valence-corrected chi connectivity index (χ4v) is 2.14. The van der Waals surface area contributed by atoms with Crippen molar-refractivity contribution in [3.63, 3.8) is 0 Å². The molecule has 0 heterocycles. The fraction of sp³-hybridized carbons (Fsp3) is 0.500. The largest absolute Gasteiger partial charge is 0.444 e. The maximum atomic E-state index is 12.0. The summed E-state index contributed by atoms with van der Waals surface area (Å²) in [6.07, 6.45) is 1.22. The fourth-order valence-electron chi connectivity index (χ4n) is 2.14. The van der Waals surface area contributed by atoms with Crippen molar-refractivity contribution in [2.45, 2.75) is 60.1 Å². The van der Waals surface area contributed by atoms with E-state index in [1.54, 1.807) is 39.0 Å². The molecule has 7 nitrogen and oxygen atoms in total. The molecule has 0 saturated carbocycles. The monoisotopic (exact) mass is 403 g/mol. The van der Waals surface area contributed by atoms with Crippen LogP contribution in [0.4, 0.5) is 10.5 Å². The first-order valence-corrected chi connectivity index (χ1v) is 9.78. The van der Waals surface area contributed by atoms with Crippen LogP contribution in [0.2, 0.25) is 0 Å². The Balaban J connectivity index is 2.36. The Hall–Kier alpha value is -2.83. The lowest BCUT2D eigenvalue weighted by Crippen LogP contribution is -2.35. The molecule has 160 valence electrons. The highest BCUT2D eigenvalue weighted by molar-refractivity contribution is 5.99. The molecule has 3 N–H and O–H groups in total. The van der Waals surface area contributed by atoms with Gasteiger partial charge in [0.15, 0.2) is 0 Å². The molecule has 1 aromatic rings. The molecule has 0 atom stereocenters. The van der Waals surface area contributed by atoms with Gasteiger partial charge in [-0.05, 0) is 51.3 Å². The first-order valence-electron chi connectivity index (χ1n) is 9.78. The minimum absolute atomic E-state index is 0.158. The number of carbonyl (C=O) groups is 3. The van der Waals surface area contributed by atoms with Crippen LogP contribution in [0.25, 0.3) is 0 Å². The van der Waals surface area contributed by atoms with E-state index < -0.39 is 11.7 Å². The molecule has 0 aromatic heterocycles. The van der Waals surface area contributed by atoms with E-state index in [0.717, 1.165) is 11.1 Å². The molecule has 1 aromatic carbocycles. The van der Waals surface area contributed by atoms with Crippen molar-refractivity contribution in [2.75, 3.05) is 11.9 Å². The van der Waals surface area contributed by atoms with Gasteiger partial charge < -0.3 is 20.7 Å². The van der Waals surface area contributed by atoms with E-state index in [2.05, 4.69) is 16.0 Å². The minimum Gasteiger partial charge on any atom is -0.444 e. The summed E-state index contributed by atoms with van der Waals surface area (Å²) >= 11 is 0. The zero-order chi connectivity index (χ0) is 22.0. The number of hydrogen-bond donors (Lipinski definition) is 3. The number of hydrogen-bond acceptors (Lipinski definition) is 4. The molecule has 0 fully saturated rings. The Morgan fingerprint density at radius 1 is 1.07 bits per heavy atom. The van der Waals surface area contributed by atoms with Crippen LogP contribution in [0.5, 0.6) is 0 Å². The molecular formula is C22H33N3O4. The highest BCUT2D eigenvalue weighted by Gasteiger charge is 2.15. The maximum absolute atomic E-state index is 12.0. The van der Waals surface area contributed by atoms with Crippen LogP contribution in [-0.4, -0.2) is 30.1 Å². The molecule has 7 heteroatoms. The normalized spacial score (nSPS) is 11.8. The standard InChI is InChI=1S/C22H33N3O4/c1-15(2)16(3)13-20(27)25-18-9-7-17(8-10-18)14-24-19(26)11-12-23-21(28)29-22(4,5)6/h7-10,13,15H,11-12,14H2,1-6H3,(H,23,28)(H,24,26)(H,25,27)/b16-13+. The quantitative estimate of drug-likeness (QED) is 0.576. The van der Waals surface area contributed by atoms with E-state index in [4.69, 9.17) is 4.74 Å². The lowest BCUT2D eigenvalue weighted by Gasteiger charge is -2.19. The molecule has 0 saturated heterocycles. The Bertz CT molecular complexity index is 731. The topological polar surface area (TPSA) is 96.5 Å². The summed E-state index contributed by atoms with van der Waals surface area (Å²) in [4.78, 5) is 35.4. The number of alkyl carbamates (subject to hydrolysis) is 1. The number of amides is 3. The average molecular weight is 404 g/mol. The predicted molar refractivity (Wildman–Crippen MR) is 114 cm³/mol. The number of nitrogens with one attached hydrogen (secondary N) is 3. The van der Waals surface area contributed by atoms with Crippen LogP contribution in [0.3, 0.4) is 0 Å². The van der Waals surface area contributed by atoms with E-state index >= 15 is 0 Å². The second-order valence-electron chi connectivity index (χ2n) is 8.18. The van der Waals surface area contributed by atoms with Gasteiger partial charge in [-0.25, -0.2) is 4.79 Å². The van der Waals surface area contributed by atoms with Crippen LogP contribution in [0.1, 0.15) is 53.5 Å². The SMILES string of the molecule is C/C(=C\C(=O)Nc1ccc(CNC(=O)CCNC(=O)OC(C)(C)C)cc1)C(C)C. The molecule has 29 heavy (non-hydrogen) atoms. The molecule has 0 aliphatic carbocycles. The summed E-state index contributed by atoms with van der Waals surface area (Å²) in [5.41, 5.74) is 2.05. The van der Waals surface area contributed by atoms with Crippen molar-refractivity contribution in [1.29, 1.82) is 0 Å². The summed E-state index contributed by atoms with van der Waals surface area (Å²) in [5.74, 6) is -0.00597. The summed E-state index contributed by atoms with van der Waals surface area (Å²) in [6, 6.07) is 7.27. The van der Waals surface area contributed by atoms with Gasteiger partial charge in [0.05, 0.1) is 0 Å². The Morgan fingerprint density at radius 3 is 2.24 bits per heavy atom. The smallest absolute Gasteiger partial charge is 0.407 e. The highest BCUT2D eigenvalue weighted by Crippen LogP contribution is 2.12. The Morgan fingerprint density at radius 2 is 1.69 bits per heavy atom. The molecule has 0 aliphatic heterocycles. The molecule has 0 unspecified atom stereocenters. The lowest BCUT2D eigenvalue weighted by atomic mass is 10.1. The van der Waals surface area contributed by atoms with E-state index in [-0.39, 0.29) is 24.8 Å². The van der Waals surface area contributed by atoms with Gasteiger partial charge in [0.1, 0.15) is 5.60 Å². The predicted octanol–water partition coefficient (Wildman–Crippen LogP) is 3.76. The van der Waals surface area contributed by atoms with Gasteiger partial charge in [0.25, 0.3) is 0 Å². The van der Waals surface area contributed by atoms with Crippen molar-refractivity contribution in [3.8, 4) is 0 Å². The first kappa shape index (κ1) is 24.2. The maximum Gasteiger partial charge on any atom is 0.407 e. The van der Waals surface area contributed by atoms with Crippen molar-refractivity contribution >= 4 is 23.6 Å². The number of anilines is 1. The molecule has 0 spiro atoms. The third kappa shape index (κ3) is 10.9. The summed E-state index contributed by atoms with van der Waals surface area (Å²) in [7, 11) is 0. The molecule has 0 bridgehead atoms. The van der Waals surface area contributed by atoms with Crippen molar-refractivity contribution < 1.29 is 19.1 Å². The van der Waals surface area contributed by atoms with Gasteiger partial charge >= 0.3 is 6.09 Å². The zero-order valence-corrected chi connectivity index (χ0v) is 18.2. The van der Waals surface area contributed by atoms with E-state index in [1.807, 2.05) is 32.9 Å². The number of ether oxygens (including phenoxy) is 1. The van der Waals surface area contributed by atoms with Gasteiger partial charge in [-0.2, -0.15) is 0 Å². The lowest BCUT2D eigenvalue weighted by molar-refractivity contribution is -0.121. The van der Waals surface area contributed by atoms with Crippen LogP contribution >= 0.6 is 0 Å². The molecule has 1 rings (SSSR count). The summed E-state index contributed by atoms with van der Waals surface area (Å²) < 4.78 is 5.10. The van der Waals surface area contributed by atoms with E-state index in [0.29, 0.717) is 18.2 Å². The molecule has 0 aliphatic rings. The Kier molecular flexibility index (Phi) is 9.38. The van der Waals surface area contributed by atoms with Crippen molar-refractivity contribution in [2.24, 2.45) is 5.92 Å². The van der Waals surface area contributed by atoms with Crippen LogP contribution in [-0.2, 0) is 20.9 Å². The van der Waals surface area contributed by atoms with Gasteiger partial charge in [-0.1, -0.05) is 31.6 Å². The van der Waals surface area contributed by atoms with Gasteiger partial charge in [-0.3, -0.25) is 9.59 Å². The minimum atomic E-state index is -0.568. The number of rotatable bonds is 8. The zero-order valence-electron chi connectivity index (χ0n) is 18.2. The molecule has 3 amide bonds. The van der Waals surface area contributed by atoms with Crippen LogP contribution in [0, 0.1) is 5.92 Å². The van der Waals surface area contributed by atoms with Gasteiger partial charge in [0.2, 0.25) is 11.8 Å². The second-order valence-corrected chi connectivity index (χ2v) is 8.18. The first-order chi connectivity index (χ1) is 13.5. The van der Waals surface area contributed by atoms with Crippen molar-refractivity contribution in [3.05, 3.63) is 41.5 Å². The van der Waals surface area contributed by atoms with Gasteiger partial charge in [0, 0.05) is 31.3 Å². The van der Waals surface area contributed by atoms with Crippen LogP contribution < -0.4 is 16.0 Å². The van der Waals surface area contributed by atoms with Crippen molar-refractivity contribution in [1.82, 2.24) is 10.6 Å². The number of allylic oxidation sites excluding steroid dienone is 1. The van der Waals surface area contributed by atoms with E-state index in [9.17, 15) is 14.4 Å². The summed E-state index contributed by atoms with van der Waals surface area (Å²) in [6.45, 7) is 11.9. The second kappa shape index (κ2) is 11.2. The Labute approximate surface area is 173 Å². The molecular weight excluding hydrogens is 370 g/mol. The average Bonchev–Trinajstić information content (AvgIpc) is 2.59. The van der Waals surface area contributed by atoms with Gasteiger partial charge in [-0.15, -0.1) is 0 Å². The number of carbonyl (C=O) groups excluding carboxylic acids is 3.